The highest BCUT2D eigenvalue weighted by Gasteiger charge is 2.07. The minimum atomic E-state index is -0.157. The Kier molecular flexibility index (Phi) is 5.66. The minimum absolute atomic E-state index is 0.157. The third-order valence-corrected chi connectivity index (χ3v) is 3.95. The van der Waals surface area contributed by atoms with Crippen LogP contribution < -0.4 is 5.32 Å². The van der Waals surface area contributed by atoms with E-state index in [9.17, 15) is 4.79 Å². The van der Waals surface area contributed by atoms with Gasteiger partial charge in [-0.05, 0) is 48.7 Å². The van der Waals surface area contributed by atoms with E-state index in [1.54, 1.807) is 18.2 Å². The highest BCUT2D eigenvalue weighted by atomic mass is 35.5. The average molecular weight is 322 g/mol. The molecule has 2 rings (SSSR count). The van der Waals surface area contributed by atoms with Gasteiger partial charge in [-0.3, -0.25) is 4.79 Å². The number of halogens is 2. The van der Waals surface area contributed by atoms with Crippen molar-refractivity contribution in [1.29, 1.82) is 0 Å². The lowest BCUT2D eigenvalue weighted by Crippen LogP contribution is -2.11. The summed E-state index contributed by atoms with van der Waals surface area (Å²) in [4.78, 5) is 12.1. The molecule has 0 aliphatic rings. The van der Waals surface area contributed by atoms with Crippen molar-refractivity contribution in [2.45, 2.75) is 26.2 Å². The summed E-state index contributed by atoms with van der Waals surface area (Å²) in [5.74, 6) is -0.157. The first-order valence-corrected chi connectivity index (χ1v) is 7.71. The SMILES string of the molecule is CCCCc1ccc(C(=O)Nc2ccc(Cl)c(Cl)c2)cc1. The number of hydrogen-bond acceptors (Lipinski definition) is 1. The Labute approximate surface area is 135 Å². The van der Waals surface area contributed by atoms with Crippen molar-refractivity contribution in [3.8, 4) is 0 Å². The van der Waals surface area contributed by atoms with Crippen molar-refractivity contribution in [1.82, 2.24) is 0 Å². The van der Waals surface area contributed by atoms with Crippen LogP contribution in [-0.4, -0.2) is 5.91 Å². The molecule has 0 aromatic heterocycles. The number of anilines is 1. The molecule has 2 aromatic carbocycles. The smallest absolute Gasteiger partial charge is 0.255 e. The lowest BCUT2D eigenvalue weighted by molar-refractivity contribution is 0.102. The summed E-state index contributed by atoms with van der Waals surface area (Å²) in [6.45, 7) is 2.17. The van der Waals surface area contributed by atoms with Crippen molar-refractivity contribution < 1.29 is 4.79 Å². The van der Waals surface area contributed by atoms with Crippen molar-refractivity contribution >= 4 is 34.8 Å². The molecule has 0 unspecified atom stereocenters. The second kappa shape index (κ2) is 7.48. The monoisotopic (exact) mass is 321 g/mol. The van der Waals surface area contributed by atoms with E-state index in [1.807, 2.05) is 24.3 Å². The quantitative estimate of drug-likeness (QED) is 0.764. The predicted octanol–water partition coefficient (Wildman–Crippen LogP) is 5.59. The van der Waals surface area contributed by atoms with Crippen molar-refractivity contribution in [3.05, 3.63) is 63.6 Å². The molecule has 0 aliphatic carbocycles. The van der Waals surface area contributed by atoms with Crippen LogP contribution in [0.5, 0.6) is 0 Å². The number of amides is 1. The minimum Gasteiger partial charge on any atom is -0.322 e. The van der Waals surface area contributed by atoms with Gasteiger partial charge in [0.2, 0.25) is 0 Å². The summed E-state index contributed by atoms with van der Waals surface area (Å²) in [7, 11) is 0. The topological polar surface area (TPSA) is 29.1 Å². The Morgan fingerprint density at radius 1 is 1.05 bits per heavy atom. The number of unbranched alkanes of at least 4 members (excludes halogenated alkanes) is 1. The average Bonchev–Trinajstić information content (AvgIpc) is 2.49. The van der Waals surface area contributed by atoms with E-state index in [1.165, 1.54) is 12.0 Å². The Balaban J connectivity index is 2.04. The molecule has 110 valence electrons. The summed E-state index contributed by atoms with van der Waals surface area (Å²) in [6.07, 6.45) is 3.37. The molecule has 0 fully saturated rings. The van der Waals surface area contributed by atoms with E-state index < -0.39 is 0 Å². The molecule has 21 heavy (non-hydrogen) atoms. The van der Waals surface area contributed by atoms with E-state index in [0.717, 1.165) is 12.8 Å². The maximum absolute atomic E-state index is 12.1. The molecular weight excluding hydrogens is 305 g/mol. The van der Waals surface area contributed by atoms with Gasteiger partial charge in [0.15, 0.2) is 0 Å². The van der Waals surface area contributed by atoms with Gasteiger partial charge in [0.25, 0.3) is 5.91 Å². The second-order valence-electron chi connectivity index (χ2n) is 4.88. The van der Waals surface area contributed by atoms with Crippen LogP contribution in [0.25, 0.3) is 0 Å². The van der Waals surface area contributed by atoms with Crippen LogP contribution in [0, 0.1) is 0 Å². The summed E-state index contributed by atoms with van der Waals surface area (Å²) in [5, 5.41) is 3.70. The number of rotatable bonds is 5. The fourth-order valence-electron chi connectivity index (χ4n) is 1.98. The van der Waals surface area contributed by atoms with Crippen LogP contribution in [-0.2, 0) is 6.42 Å². The van der Waals surface area contributed by atoms with E-state index in [-0.39, 0.29) is 5.91 Å². The number of hydrogen-bond donors (Lipinski definition) is 1. The number of carbonyl (C=O) groups is 1. The van der Waals surface area contributed by atoms with Gasteiger partial charge >= 0.3 is 0 Å². The highest BCUT2D eigenvalue weighted by Crippen LogP contribution is 2.25. The van der Waals surface area contributed by atoms with Crippen molar-refractivity contribution in [3.63, 3.8) is 0 Å². The van der Waals surface area contributed by atoms with E-state index >= 15 is 0 Å². The molecular formula is C17H17Cl2NO. The van der Waals surface area contributed by atoms with E-state index in [0.29, 0.717) is 21.3 Å². The maximum Gasteiger partial charge on any atom is 0.255 e. The summed E-state index contributed by atoms with van der Waals surface area (Å²) in [6, 6.07) is 12.7. The van der Waals surface area contributed by atoms with Gasteiger partial charge in [0.05, 0.1) is 10.0 Å². The lowest BCUT2D eigenvalue weighted by atomic mass is 10.1. The van der Waals surface area contributed by atoms with Gasteiger partial charge in [0.1, 0.15) is 0 Å². The lowest BCUT2D eigenvalue weighted by Gasteiger charge is -2.07. The standard InChI is InChI=1S/C17H17Cl2NO/c1-2-3-4-12-5-7-13(8-6-12)17(21)20-14-9-10-15(18)16(19)11-14/h5-11H,2-4H2,1H3,(H,20,21). The Hall–Kier alpha value is -1.51. The molecule has 0 radical (unpaired) electrons. The number of aryl methyl sites for hydroxylation is 1. The van der Waals surface area contributed by atoms with Crippen molar-refractivity contribution in [2.24, 2.45) is 0 Å². The third kappa shape index (κ3) is 4.48. The molecule has 0 heterocycles. The molecule has 0 aliphatic heterocycles. The van der Waals surface area contributed by atoms with Gasteiger partial charge < -0.3 is 5.32 Å². The van der Waals surface area contributed by atoms with Crippen LogP contribution in [0.3, 0.4) is 0 Å². The molecule has 0 saturated carbocycles. The molecule has 0 atom stereocenters. The fraction of sp³-hybridized carbons (Fsp3) is 0.235. The zero-order valence-electron chi connectivity index (χ0n) is 11.8. The van der Waals surface area contributed by atoms with Crippen LogP contribution >= 0.6 is 23.2 Å². The number of benzene rings is 2. The normalized spacial score (nSPS) is 10.4. The molecule has 0 saturated heterocycles. The summed E-state index contributed by atoms with van der Waals surface area (Å²) < 4.78 is 0. The van der Waals surface area contributed by atoms with Crippen molar-refractivity contribution in [2.75, 3.05) is 5.32 Å². The van der Waals surface area contributed by atoms with Crippen LogP contribution in [0.4, 0.5) is 5.69 Å². The largest absolute Gasteiger partial charge is 0.322 e. The van der Waals surface area contributed by atoms with Crippen LogP contribution in [0.2, 0.25) is 10.0 Å². The Morgan fingerprint density at radius 2 is 1.76 bits per heavy atom. The maximum atomic E-state index is 12.1. The first kappa shape index (κ1) is 15.9. The summed E-state index contributed by atoms with van der Waals surface area (Å²) >= 11 is 11.8. The van der Waals surface area contributed by atoms with Gasteiger partial charge in [-0.1, -0.05) is 48.7 Å². The molecule has 1 amide bonds. The zero-order valence-corrected chi connectivity index (χ0v) is 13.3. The molecule has 4 heteroatoms. The van der Waals surface area contributed by atoms with Gasteiger partial charge in [0, 0.05) is 11.3 Å². The highest BCUT2D eigenvalue weighted by molar-refractivity contribution is 6.42. The predicted molar refractivity (Wildman–Crippen MR) is 89.5 cm³/mol. The number of nitrogens with one attached hydrogen (secondary N) is 1. The first-order chi connectivity index (χ1) is 10.1. The second-order valence-corrected chi connectivity index (χ2v) is 5.70. The fourth-order valence-corrected chi connectivity index (χ4v) is 2.28. The van der Waals surface area contributed by atoms with Gasteiger partial charge in [-0.15, -0.1) is 0 Å². The van der Waals surface area contributed by atoms with Crippen LogP contribution in [0.1, 0.15) is 35.7 Å². The van der Waals surface area contributed by atoms with Gasteiger partial charge in [-0.25, -0.2) is 0 Å². The van der Waals surface area contributed by atoms with E-state index in [4.69, 9.17) is 23.2 Å². The number of carbonyl (C=O) groups excluding carboxylic acids is 1. The third-order valence-electron chi connectivity index (χ3n) is 3.21. The molecule has 2 aromatic rings. The molecule has 2 nitrogen and oxygen atoms in total. The van der Waals surface area contributed by atoms with Crippen LogP contribution in [0.15, 0.2) is 42.5 Å². The molecule has 0 spiro atoms. The molecule has 1 N–H and O–H groups in total. The zero-order chi connectivity index (χ0) is 15.2. The van der Waals surface area contributed by atoms with E-state index in [2.05, 4.69) is 12.2 Å². The summed E-state index contributed by atoms with van der Waals surface area (Å²) in [5.41, 5.74) is 2.51. The Morgan fingerprint density at radius 3 is 2.38 bits per heavy atom. The first-order valence-electron chi connectivity index (χ1n) is 6.95. The van der Waals surface area contributed by atoms with Gasteiger partial charge in [-0.2, -0.15) is 0 Å². The Bertz CT molecular complexity index is 623. The molecule has 0 bridgehead atoms.